The van der Waals surface area contributed by atoms with E-state index >= 15 is 0 Å². The number of carbonyl (C=O) groups is 3. The standard InChI is InChI=1S/C22H19NO5/c1-2-19(27-22(26)28-23-20(24)9-10-21(23)25)17-8-7-16-11-14-5-3-4-6-15(14)12-18(16)13-17/h3-8,11-13,19H,2,9-10H2,1H3. The molecule has 2 amide bonds. The summed E-state index contributed by atoms with van der Waals surface area (Å²) in [5.74, 6) is -1.07. The number of fused-ring (bicyclic) bond motifs is 2. The Kier molecular flexibility index (Phi) is 4.69. The normalized spacial score (nSPS) is 15.2. The number of amides is 2. The Labute approximate surface area is 161 Å². The number of hydrogen-bond donors (Lipinski definition) is 0. The number of hydrogen-bond acceptors (Lipinski definition) is 5. The first kappa shape index (κ1) is 18.0. The zero-order valence-electron chi connectivity index (χ0n) is 15.4. The smallest absolute Gasteiger partial charge is 0.425 e. The van der Waals surface area contributed by atoms with Crippen LogP contribution < -0.4 is 0 Å². The Morgan fingerprint density at radius 2 is 1.54 bits per heavy atom. The summed E-state index contributed by atoms with van der Waals surface area (Å²) >= 11 is 0. The van der Waals surface area contributed by atoms with E-state index in [9.17, 15) is 14.4 Å². The van der Waals surface area contributed by atoms with Gasteiger partial charge in [0.05, 0.1) is 0 Å². The highest BCUT2D eigenvalue weighted by Gasteiger charge is 2.34. The number of imide groups is 1. The third-order valence-electron chi connectivity index (χ3n) is 4.88. The molecular weight excluding hydrogens is 358 g/mol. The van der Waals surface area contributed by atoms with Crippen molar-refractivity contribution in [1.29, 1.82) is 0 Å². The molecule has 0 spiro atoms. The molecule has 6 nitrogen and oxygen atoms in total. The molecule has 3 aromatic carbocycles. The van der Waals surface area contributed by atoms with Gasteiger partial charge in [-0.05, 0) is 51.7 Å². The molecule has 0 aromatic heterocycles. The van der Waals surface area contributed by atoms with E-state index < -0.39 is 24.1 Å². The summed E-state index contributed by atoms with van der Waals surface area (Å²) in [4.78, 5) is 40.0. The van der Waals surface area contributed by atoms with Gasteiger partial charge in [-0.25, -0.2) is 4.79 Å². The molecule has 0 saturated carbocycles. The average Bonchev–Trinajstić information content (AvgIpc) is 3.02. The van der Waals surface area contributed by atoms with Crippen molar-refractivity contribution in [1.82, 2.24) is 5.06 Å². The van der Waals surface area contributed by atoms with Crippen molar-refractivity contribution in [3.8, 4) is 0 Å². The zero-order chi connectivity index (χ0) is 19.7. The summed E-state index contributed by atoms with van der Waals surface area (Å²) in [6, 6.07) is 18.2. The topological polar surface area (TPSA) is 72.9 Å². The molecule has 1 atom stereocenters. The highest BCUT2D eigenvalue weighted by atomic mass is 16.8. The molecule has 4 rings (SSSR count). The lowest BCUT2D eigenvalue weighted by Gasteiger charge is -2.19. The highest BCUT2D eigenvalue weighted by molar-refractivity contribution is 6.01. The summed E-state index contributed by atoms with van der Waals surface area (Å²) in [5, 5.41) is 4.91. The van der Waals surface area contributed by atoms with E-state index in [1.165, 1.54) is 0 Å². The molecule has 1 unspecified atom stereocenters. The van der Waals surface area contributed by atoms with Gasteiger partial charge in [-0.1, -0.05) is 48.4 Å². The molecule has 1 aliphatic rings. The Bertz CT molecular complexity index is 1070. The second-order valence-electron chi connectivity index (χ2n) is 6.74. The third kappa shape index (κ3) is 3.41. The number of carbonyl (C=O) groups excluding carboxylic acids is 3. The summed E-state index contributed by atoms with van der Waals surface area (Å²) in [6.07, 6.45) is -0.995. The molecule has 0 radical (unpaired) electrons. The molecule has 6 heteroatoms. The van der Waals surface area contributed by atoms with E-state index in [4.69, 9.17) is 9.57 Å². The number of ether oxygens (including phenoxy) is 1. The third-order valence-corrected chi connectivity index (χ3v) is 4.88. The van der Waals surface area contributed by atoms with Gasteiger partial charge in [-0.15, -0.1) is 0 Å². The molecule has 0 bridgehead atoms. The lowest BCUT2D eigenvalue weighted by atomic mass is 9.99. The predicted molar refractivity (Wildman–Crippen MR) is 103 cm³/mol. The van der Waals surface area contributed by atoms with Crippen molar-refractivity contribution >= 4 is 39.5 Å². The van der Waals surface area contributed by atoms with Crippen LogP contribution in [0.4, 0.5) is 4.79 Å². The highest BCUT2D eigenvalue weighted by Crippen LogP contribution is 2.29. The van der Waals surface area contributed by atoms with Crippen LogP contribution in [0.15, 0.2) is 54.6 Å². The van der Waals surface area contributed by atoms with E-state index in [2.05, 4.69) is 24.3 Å². The molecular formula is C22H19NO5. The lowest BCUT2D eigenvalue weighted by Crippen LogP contribution is -2.32. The van der Waals surface area contributed by atoms with E-state index in [1.807, 2.05) is 37.3 Å². The van der Waals surface area contributed by atoms with Crippen LogP contribution in [0, 0.1) is 0 Å². The van der Waals surface area contributed by atoms with Crippen molar-refractivity contribution in [2.75, 3.05) is 0 Å². The van der Waals surface area contributed by atoms with Crippen molar-refractivity contribution in [2.45, 2.75) is 32.3 Å². The van der Waals surface area contributed by atoms with Crippen molar-refractivity contribution in [3.05, 3.63) is 60.2 Å². The van der Waals surface area contributed by atoms with Crippen LogP contribution in [-0.2, 0) is 19.2 Å². The minimum Gasteiger partial charge on any atom is -0.425 e. The minimum absolute atomic E-state index is 0.0436. The van der Waals surface area contributed by atoms with E-state index in [0.29, 0.717) is 11.5 Å². The average molecular weight is 377 g/mol. The summed E-state index contributed by atoms with van der Waals surface area (Å²) in [6.45, 7) is 1.88. The monoisotopic (exact) mass is 377 g/mol. The number of hydroxylamine groups is 2. The van der Waals surface area contributed by atoms with Crippen LogP contribution in [0.3, 0.4) is 0 Å². The Hall–Kier alpha value is -3.41. The zero-order valence-corrected chi connectivity index (χ0v) is 15.4. The van der Waals surface area contributed by atoms with E-state index in [-0.39, 0.29) is 12.8 Å². The molecule has 142 valence electrons. The lowest BCUT2D eigenvalue weighted by molar-refractivity contribution is -0.178. The Morgan fingerprint density at radius 3 is 2.18 bits per heavy atom. The Morgan fingerprint density at radius 1 is 0.929 bits per heavy atom. The van der Waals surface area contributed by atoms with E-state index in [1.54, 1.807) is 0 Å². The second-order valence-corrected chi connectivity index (χ2v) is 6.74. The fraction of sp³-hybridized carbons (Fsp3) is 0.227. The maximum Gasteiger partial charge on any atom is 0.534 e. The van der Waals surface area contributed by atoms with Crippen LogP contribution in [0.1, 0.15) is 37.9 Å². The van der Waals surface area contributed by atoms with Crippen LogP contribution in [0.25, 0.3) is 21.5 Å². The SMILES string of the molecule is CCC(OC(=O)ON1C(=O)CCC1=O)c1ccc2cc3ccccc3cc2c1. The van der Waals surface area contributed by atoms with Gasteiger partial charge >= 0.3 is 6.16 Å². The second kappa shape index (κ2) is 7.31. The maximum atomic E-state index is 12.1. The Balaban J connectivity index is 1.56. The van der Waals surface area contributed by atoms with Gasteiger partial charge in [0.2, 0.25) is 0 Å². The predicted octanol–water partition coefficient (Wildman–Crippen LogP) is 4.66. The number of rotatable bonds is 4. The quantitative estimate of drug-likeness (QED) is 0.376. The largest absolute Gasteiger partial charge is 0.534 e. The maximum absolute atomic E-state index is 12.1. The fourth-order valence-corrected chi connectivity index (χ4v) is 3.42. The first-order valence-corrected chi connectivity index (χ1v) is 9.22. The van der Waals surface area contributed by atoms with E-state index in [0.717, 1.165) is 27.1 Å². The van der Waals surface area contributed by atoms with Gasteiger partial charge < -0.3 is 4.74 Å². The molecule has 1 aliphatic heterocycles. The molecule has 3 aromatic rings. The first-order chi connectivity index (χ1) is 13.5. The van der Waals surface area contributed by atoms with Crippen LogP contribution >= 0.6 is 0 Å². The minimum atomic E-state index is -1.06. The van der Waals surface area contributed by atoms with Crippen molar-refractivity contribution < 1.29 is 24.0 Å². The molecule has 1 heterocycles. The van der Waals surface area contributed by atoms with Crippen LogP contribution in [-0.4, -0.2) is 23.0 Å². The van der Waals surface area contributed by atoms with Crippen LogP contribution in [0.2, 0.25) is 0 Å². The number of nitrogens with zero attached hydrogens (tertiary/aromatic N) is 1. The molecule has 0 aliphatic carbocycles. The van der Waals surface area contributed by atoms with Crippen molar-refractivity contribution in [2.24, 2.45) is 0 Å². The molecule has 1 fully saturated rings. The summed E-state index contributed by atoms with van der Waals surface area (Å²) in [5.41, 5.74) is 0.821. The summed E-state index contributed by atoms with van der Waals surface area (Å²) < 4.78 is 5.37. The van der Waals surface area contributed by atoms with Gasteiger partial charge in [0, 0.05) is 12.8 Å². The fourth-order valence-electron chi connectivity index (χ4n) is 3.42. The van der Waals surface area contributed by atoms with Gasteiger partial charge in [0.15, 0.2) is 0 Å². The van der Waals surface area contributed by atoms with Crippen LogP contribution in [0.5, 0.6) is 0 Å². The van der Waals surface area contributed by atoms with Gasteiger partial charge in [0.1, 0.15) is 6.10 Å². The molecule has 28 heavy (non-hydrogen) atoms. The first-order valence-electron chi connectivity index (χ1n) is 9.22. The van der Waals surface area contributed by atoms with Gasteiger partial charge in [-0.2, -0.15) is 0 Å². The van der Waals surface area contributed by atoms with Crippen molar-refractivity contribution in [3.63, 3.8) is 0 Å². The summed E-state index contributed by atoms with van der Waals surface area (Å²) in [7, 11) is 0. The van der Waals surface area contributed by atoms with Gasteiger partial charge in [-0.3, -0.25) is 14.4 Å². The molecule has 0 N–H and O–H groups in total. The molecule has 1 saturated heterocycles. The number of benzene rings is 3. The van der Waals surface area contributed by atoms with Gasteiger partial charge in [0.25, 0.3) is 11.8 Å².